The fraction of sp³-hybridized carbons (Fsp3) is 0.394. The molecule has 10 nitrogen and oxygen atoms in total. The number of hydrogen-bond donors (Lipinski definition) is 6. The lowest BCUT2D eigenvalue weighted by Crippen LogP contribution is -2.48. The first-order valence-electron chi connectivity index (χ1n) is 14.2. The predicted octanol–water partition coefficient (Wildman–Crippen LogP) is 3.09. The number of carbonyl (C=O) groups excluding carboxylic acids is 2. The van der Waals surface area contributed by atoms with Crippen LogP contribution in [0, 0.1) is 5.92 Å². The van der Waals surface area contributed by atoms with E-state index in [1.807, 2.05) is 24.3 Å². The van der Waals surface area contributed by atoms with Gasteiger partial charge in [0.25, 0.3) is 0 Å². The van der Waals surface area contributed by atoms with Gasteiger partial charge in [-0.3, -0.25) is 4.79 Å². The van der Waals surface area contributed by atoms with Gasteiger partial charge in [0, 0.05) is 12.3 Å². The van der Waals surface area contributed by atoms with Crippen molar-refractivity contribution in [3.63, 3.8) is 0 Å². The molecule has 0 saturated carbocycles. The molecule has 3 aromatic rings. The molecule has 0 fully saturated rings. The van der Waals surface area contributed by atoms with Crippen molar-refractivity contribution >= 4 is 12.0 Å². The van der Waals surface area contributed by atoms with E-state index in [9.17, 15) is 30.0 Å². The number of rotatable bonds is 10. The van der Waals surface area contributed by atoms with Gasteiger partial charge in [-0.15, -0.1) is 0 Å². The fourth-order valence-corrected chi connectivity index (χ4v) is 5.30. The number of alkyl carbamates (subject to hydrolysis) is 1. The van der Waals surface area contributed by atoms with Crippen LogP contribution in [0.1, 0.15) is 55.5 Å². The Kier molecular flexibility index (Phi) is 11.2. The van der Waals surface area contributed by atoms with Crippen LogP contribution >= 0.6 is 0 Å². The molecule has 3 aromatic carbocycles. The Hall–Kier alpha value is -4.12. The number of benzene rings is 3. The monoisotopic (exact) mass is 594 g/mol. The van der Waals surface area contributed by atoms with Gasteiger partial charge in [0.05, 0.1) is 24.3 Å². The van der Waals surface area contributed by atoms with Crippen LogP contribution in [-0.4, -0.2) is 61.8 Å². The molecule has 1 aliphatic rings. The molecule has 2 amide bonds. The summed E-state index contributed by atoms with van der Waals surface area (Å²) in [5.41, 5.74) is 2.62. The lowest BCUT2D eigenvalue weighted by molar-refractivity contribution is -0.127. The molecule has 0 saturated heterocycles. The van der Waals surface area contributed by atoms with E-state index in [2.05, 4.69) is 10.6 Å². The van der Waals surface area contributed by atoms with Gasteiger partial charge in [0.1, 0.15) is 17.1 Å². The third-order valence-corrected chi connectivity index (χ3v) is 7.38. The standard InChI is InChI=1S/C33H40N2O7.H2O/c1-33(2,3)42-32(41)34-27(17-21-10-14-25(37)15-11-21)28(38)19-23(16-20-8-12-24(36)13-9-20)31(40)35-30-26-7-5-4-6-22(26)18-29(30)39;/h4-15,23,27-30,36-39H,16-19H2,1-3H3,(H,34,41)(H,35,40);1H2/t23-,27+,28+,29-,30+;/m1./s1. The van der Waals surface area contributed by atoms with Crippen LogP contribution in [0.5, 0.6) is 11.5 Å². The largest absolute Gasteiger partial charge is 0.508 e. The zero-order valence-corrected chi connectivity index (χ0v) is 24.7. The summed E-state index contributed by atoms with van der Waals surface area (Å²) in [6, 6.07) is 19.1. The molecule has 43 heavy (non-hydrogen) atoms. The highest BCUT2D eigenvalue weighted by Crippen LogP contribution is 2.32. The van der Waals surface area contributed by atoms with E-state index in [4.69, 9.17) is 4.74 Å². The van der Waals surface area contributed by atoms with Crippen molar-refractivity contribution in [2.45, 2.75) is 76.3 Å². The summed E-state index contributed by atoms with van der Waals surface area (Å²) in [6.45, 7) is 5.23. The molecular formula is C33H42N2O8. The highest BCUT2D eigenvalue weighted by Gasteiger charge is 2.35. The predicted molar refractivity (Wildman–Crippen MR) is 162 cm³/mol. The van der Waals surface area contributed by atoms with Crippen LogP contribution < -0.4 is 10.6 Å². The normalized spacial score (nSPS) is 18.0. The molecule has 0 unspecified atom stereocenters. The van der Waals surface area contributed by atoms with E-state index in [-0.39, 0.29) is 42.1 Å². The molecule has 10 heteroatoms. The molecule has 0 spiro atoms. The molecule has 1 aliphatic carbocycles. The third kappa shape index (κ3) is 9.44. The molecule has 0 bridgehead atoms. The second kappa shape index (κ2) is 14.4. The maximum Gasteiger partial charge on any atom is 0.407 e. The Morgan fingerprint density at radius 2 is 1.47 bits per heavy atom. The van der Waals surface area contributed by atoms with E-state index >= 15 is 0 Å². The number of aromatic hydroxyl groups is 2. The molecular weight excluding hydrogens is 552 g/mol. The molecule has 0 aromatic heterocycles. The number of aliphatic hydroxyl groups is 2. The molecule has 8 N–H and O–H groups in total. The number of carbonyl (C=O) groups is 2. The first-order chi connectivity index (χ1) is 19.9. The van der Waals surface area contributed by atoms with Crippen LogP contribution in [0.25, 0.3) is 0 Å². The minimum absolute atomic E-state index is 0. The van der Waals surface area contributed by atoms with Crippen molar-refractivity contribution in [3.8, 4) is 11.5 Å². The number of phenols is 2. The van der Waals surface area contributed by atoms with E-state index in [0.717, 1.165) is 22.3 Å². The summed E-state index contributed by atoms with van der Waals surface area (Å²) in [4.78, 5) is 26.5. The Bertz CT molecular complexity index is 1350. The van der Waals surface area contributed by atoms with Crippen molar-refractivity contribution < 1.29 is 40.2 Å². The van der Waals surface area contributed by atoms with Crippen LogP contribution in [0.2, 0.25) is 0 Å². The lowest BCUT2D eigenvalue weighted by Gasteiger charge is -2.29. The Labute approximate surface area is 251 Å². The summed E-state index contributed by atoms with van der Waals surface area (Å²) < 4.78 is 5.44. The summed E-state index contributed by atoms with van der Waals surface area (Å²) in [6.07, 6.45) is -1.72. The van der Waals surface area contributed by atoms with E-state index < -0.39 is 41.9 Å². The molecule has 5 atom stereocenters. The zero-order chi connectivity index (χ0) is 30.4. The number of hydrogen-bond acceptors (Lipinski definition) is 7. The number of nitrogens with one attached hydrogen (secondary N) is 2. The van der Waals surface area contributed by atoms with Crippen LogP contribution in [-0.2, 0) is 28.8 Å². The highest BCUT2D eigenvalue weighted by molar-refractivity contribution is 5.80. The van der Waals surface area contributed by atoms with Crippen LogP contribution in [0.15, 0.2) is 72.8 Å². The smallest absolute Gasteiger partial charge is 0.407 e. The maximum absolute atomic E-state index is 13.8. The average molecular weight is 595 g/mol. The topological polar surface area (TPSA) is 180 Å². The minimum atomic E-state index is -1.15. The van der Waals surface area contributed by atoms with Crippen molar-refractivity contribution in [2.75, 3.05) is 0 Å². The molecule has 0 radical (unpaired) electrons. The van der Waals surface area contributed by atoms with Crippen molar-refractivity contribution in [3.05, 3.63) is 95.1 Å². The number of phenolic OH excluding ortho intramolecular Hbond substituents is 2. The van der Waals surface area contributed by atoms with Crippen molar-refractivity contribution in [2.24, 2.45) is 5.92 Å². The van der Waals surface area contributed by atoms with Gasteiger partial charge in [-0.2, -0.15) is 0 Å². The van der Waals surface area contributed by atoms with E-state index in [1.165, 1.54) is 24.3 Å². The summed E-state index contributed by atoms with van der Waals surface area (Å²) >= 11 is 0. The maximum atomic E-state index is 13.8. The first kappa shape index (κ1) is 33.4. The summed E-state index contributed by atoms with van der Waals surface area (Å²) in [5.74, 6) is -0.881. The van der Waals surface area contributed by atoms with Gasteiger partial charge in [-0.05, 0) is 86.6 Å². The van der Waals surface area contributed by atoms with Crippen LogP contribution in [0.3, 0.4) is 0 Å². The Morgan fingerprint density at radius 3 is 2.05 bits per heavy atom. The quantitative estimate of drug-likeness (QED) is 0.209. The van der Waals surface area contributed by atoms with Gasteiger partial charge in [0.2, 0.25) is 5.91 Å². The van der Waals surface area contributed by atoms with Gasteiger partial charge in [-0.1, -0.05) is 48.5 Å². The summed E-state index contributed by atoms with van der Waals surface area (Å²) in [5, 5.41) is 47.4. The average Bonchev–Trinajstić information content (AvgIpc) is 3.23. The SMILES string of the molecule is CC(C)(C)OC(=O)N[C@@H](Cc1ccc(O)cc1)[C@@H](O)C[C@@H](Cc1ccc(O)cc1)C(=O)N[C@H]1c2ccccc2C[C@H]1O.O. The van der Waals surface area contributed by atoms with Crippen LogP contribution in [0.4, 0.5) is 4.79 Å². The zero-order valence-electron chi connectivity index (χ0n) is 24.7. The molecule has 0 aliphatic heterocycles. The Morgan fingerprint density at radius 1 is 0.907 bits per heavy atom. The second-order valence-corrected chi connectivity index (χ2v) is 12.0. The summed E-state index contributed by atoms with van der Waals surface area (Å²) in [7, 11) is 0. The molecule has 0 heterocycles. The van der Waals surface area contributed by atoms with Crippen molar-refractivity contribution in [1.29, 1.82) is 0 Å². The lowest BCUT2D eigenvalue weighted by atomic mass is 9.88. The van der Waals surface area contributed by atoms with Gasteiger partial charge < -0.3 is 41.3 Å². The second-order valence-electron chi connectivity index (χ2n) is 12.0. The van der Waals surface area contributed by atoms with E-state index in [0.29, 0.717) is 6.42 Å². The minimum Gasteiger partial charge on any atom is -0.508 e. The molecule has 4 rings (SSSR count). The van der Waals surface area contributed by atoms with Gasteiger partial charge >= 0.3 is 6.09 Å². The first-order valence-corrected chi connectivity index (χ1v) is 14.2. The number of aliphatic hydroxyl groups excluding tert-OH is 2. The van der Waals surface area contributed by atoms with Crippen molar-refractivity contribution in [1.82, 2.24) is 10.6 Å². The third-order valence-electron chi connectivity index (χ3n) is 7.38. The highest BCUT2D eigenvalue weighted by atomic mass is 16.6. The van der Waals surface area contributed by atoms with Gasteiger partial charge in [0.15, 0.2) is 0 Å². The van der Waals surface area contributed by atoms with Gasteiger partial charge in [-0.25, -0.2) is 4.79 Å². The number of ether oxygens (including phenoxy) is 1. The number of amides is 2. The number of fused-ring (bicyclic) bond motifs is 1. The molecule has 232 valence electrons. The van der Waals surface area contributed by atoms with E-state index in [1.54, 1.807) is 45.0 Å². The fourth-order valence-electron chi connectivity index (χ4n) is 5.30. The Balaban J connectivity index is 0.00000506.